The summed E-state index contributed by atoms with van der Waals surface area (Å²) in [6.07, 6.45) is 0.391. The molecule has 0 fully saturated rings. The maximum Gasteiger partial charge on any atom is 0.509 e. The normalized spacial score (nSPS) is 11.6. The number of rotatable bonds is 4. The molecule has 86 valence electrons. The zero-order valence-electron chi connectivity index (χ0n) is 8.98. The maximum atomic E-state index is 11.2. The van der Waals surface area contributed by atoms with E-state index in [1.807, 2.05) is 24.3 Å². The molecule has 1 rings (SSSR count). The number of ether oxygens (including phenoxy) is 2. The van der Waals surface area contributed by atoms with Crippen LogP contribution in [0.25, 0.3) is 0 Å². The van der Waals surface area contributed by atoms with Crippen LogP contribution in [0.3, 0.4) is 0 Å². The van der Waals surface area contributed by atoms with Gasteiger partial charge in [0.2, 0.25) is 0 Å². The average molecular weight is 285 g/mol. The molecule has 3 nitrogen and oxygen atoms in total. The van der Waals surface area contributed by atoms with Gasteiger partial charge in [-0.3, -0.25) is 0 Å². The first-order valence-electron chi connectivity index (χ1n) is 4.88. The molecule has 4 heteroatoms. The Morgan fingerprint density at radius 3 is 2.62 bits per heavy atom. The lowest BCUT2D eigenvalue weighted by atomic mass is 10.1. The van der Waals surface area contributed by atoms with Crippen LogP contribution in [-0.4, -0.2) is 12.8 Å². The number of halogens is 1. The molecule has 0 aliphatic rings. The third-order valence-corrected chi connectivity index (χ3v) is 2.43. The molecule has 16 heavy (non-hydrogen) atoms. The van der Waals surface area contributed by atoms with Crippen LogP contribution in [0.1, 0.15) is 18.6 Å². The highest BCUT2D eigenvalue weighted by atomic mass is 79.9. The van der Waals surface area contributed by atoms with Gasteiger partial charge >= 0.3 is 6.16 Å². The van der Waals surface area contributed by atoms with E-state index in [0.717, 1.165) is 10.0 Å². The quantitative estimate of drug-likeness (QED) is 0.622. The molecule has 0 saturated heterocycles. The molecular formula is C12H13BrO3. The van der Waals surface area contributed by atoms with Crippen molar-refractivity contribution in [3.63, 3.8) is 0 Å². The van der Waals surface area contributed by atoms with Crippen LogP contribution in [0.5, 0.6) is 0 Å². The monoisotopic (exact) mass is 284 g/mol. The summed E-state index contributed by atoms with van der Waals surface area (Å²) >= 11 is 3.33. The predicted octanol–water partition coefficient (Wildman–Crippen LogP) is 3.85. The van der Waals surface area contributed by atoms with Crippen molar-refractivity contribution in [3.8, 4) is 0 Å². The molecule has 0 N–H and O–H groups in total. The minimum atomic E-state index is -0.685. The van der Waals surface area contributed by atoms with Crippen molar-refractivity contribution in [3.05, 3.63) is 47.0 Å². The van der Waals surface area contributed by atoms with Crippen LogP contribution in [0.4, 0.5) is 4.79 Å². The van der Waals surface area contributed by atoms with Crippen LogP contribution >= 0.6 is 15.9 Å². The van der Waals surface area contributed by atoms with E-state index in [1.54, 1.807) is 13.0 Å². The smallest absolute Gasteiger partial charge is 0.435 e. The van der Waals surface area contributed by atoms with Gasteiger partial charge < -0.3 is 9.47 Å². The fraction of sp³-hybridized carbons (Fsp3) is 0.250. The molecule has 0 aromatic heterocycles. The van der Waals surface area contributed by atoms with Gasteiger partial charge in [-0.1, -0.05) is 34.6 Å². The molecule has 0 aliphatic carbocycles. The molecule has 0 aliphatic heterocycles. The van der Waals surface area contributed by atoms with E-state index in [2.05, 4.69) is 22.5 Å². The minimum Gasteiger partial charge on any atom is -0.435 e. The molecular weight excluding hydrogens is 272 g/mol. The molecule has 1 unspecified atom stereocenters. The van der Waals surface area contributed by atoms with Gasteiger partial charge in [-0.2, -0.15) is 0 Å². The Morgan fingerprint density at radius 1 is 1.50 bits per heavy atom. The Kier molecular flexibility index (Phi) is 5.05. The lowest BCUT2D eigenvalue weighted by Gasteiger charge is -2.13. The largest absolute Gasteiger partial charge is 0.509 e. The fourth-order valence-corrected chi connectivity index (χ4v) is 1.42. The van der Waals surface area contributed by atoms with Gasteiger partial charge in [-0.15, -0.1) is 0 Å². The van der Waals surface area contributed by atoms with E-state index in [1.165, 1.54) is 0 Å². The number of hydrogen-bond acceptors (Lipinski definition) is 3. The number of carbonyl (C=O) groups is 1. The highest BCUT2D eigenvalue weighted by molar-refractivity contribution is 9.10. The summed E-state index contributed by atoms with van der Waals surface area (Å²) in [6, 6.07) is 7.46. The Hall–Kier alpha value is -1.29. The molecule has 1 aromatic carbocycles. The lowest BCUT2D eigenvalue weighted by Crippen LogP contribution is -2.11. The van der Waals surface area contributed by atoms with Crippen LogP contribution in [0.15, 0.2) is 41.4 Å². The van der Waals surface area contributed by atoms with Gasteiger partial charge in [-0.05, 0) is 30.7 Å². The highest BCUT2D eigenvalue weighted by Crippen LogP contribution is 2.21. The Bertz CT molecular complexity index is 359. The second kappa shape index (κ2) is 6.33. The number of hydrogen-bond donors (Lipinski definition) is 0. The van der Waals surface area contributed by atoms with Crippen molar-refractivity contribution >= 4 is 22.1 Å². The molecule has 1 atom stereocenters. The van der Waals surface area contributed by atoms with Crippen molar-refractivity contribution in [2.24, 2.45) is 0 Å². The van der Waals surface area contributed by atoms with E-state index < -0.39 is 12.3 Å². The van der Waals surface area contributed by atoms with Crippen LogP contribution in [-0.2, 0) is 9.47 Å². The van der Waals surface area contributed by atoms with Gasteiger partial charge in [0.05, 0.1) is 6.61 Å². The zero-order valence-corrected chi connectivity index (χ0v) is 10.6. The van der Waals surface area contributed by atoms with Gasteiger partial charge in [0, 0.05) is 4.47 Å². The fourth-order valence-electron chi connectivity index (χ4n) is 1.16. The summed E-state index contributed by atoms with van der Waals surface area (Å²) in [4.78, 5) is 11.2. The Balaban J connectivity index is 2.71. The summed E-state index contributed by atoms with van der Waals surface area (Å²) in [5, 5.41) is 0. The van der Waals surface area contributed by atoms with Crippen molar-refractivity contribution in [2.75, 3.05) is 6.61 Å². The van der Waals surface area contributed by atoms with Gasteiger partial charge in [0.1, 0.15) is 6.10 Å². The summed E-state index contributed by atoms with van der Waals surface area (Å²) in [7, 11) is 0. The van der Waals surface area contributed by atoms with Crippen molar-refractivity contribution in [2.45, 2.75) is 13.0 Å². The molecule has 0 saturated carbocycles. The predicted molar refractivity (Wildman–Crippen MR) is 65.2 cm³/mol. The topological polar surface area (TPSA) is 35.5 Å². The molecule has 0 amide bonds. The van der Waals surface area contributed by atoms with Crippen molar-refractivity contribution in [1.82, 2.24) is 0 Å². The summed E-state index contributed by atoms with van der Waals surface area (Å²) in [5.74, 6) is 0. The average Bonchev–Trinajstić information content (AvgIpc) is 2.27. The number of benzene rings is 1. The Labute approximate surface area is 103 Å². The van der Waals surface area contributed by atoms with Crippen molar-refractivity contribution < 1.29 is 14.3 Å². The highest BCUT2D eigenvalue weighted by Gasteiger charge is 2.13. The number of carbonyl (C=O) groups excluding carboxylic acids is 1. The Morgan fingerprint density at radius 2 is 2.12 bits per heavy atom. The molecule has 0 bridgehead atoms. The van der Waals surface area contributed by atoms with Crippen LogP contribution in [0, 0.1) is 0 Å². The summed E-state index contributed by atoms with van der Waals surface area (Å²) < 4.78 is 10.7. The molecule has 0 radical (unpaired) electrons. The van der Waals surface area contributed by atoms with E-state index in [4.69, 9.17) is 9.47 Å². The van der Waals surface area contributed by atoms with E-state index in [0.29, 0.717) is 6.61 Å². The first-order chi connectivity index (χ1) is 7.67. The third-order valence-electron chi connectivity index (χ3n) is 1.90. The first kappa shape index (κ1) is 12.8. The SMILES string of the molecule is C=CC(OC(=O)OCC)c1ccc(Br)cc1. The zero-order chi connectivity index (χ0) is 12.0. The van der Waals surface area contributed by atoms with Gasteiger partial charge in [0.25, 0.3) is 0 Å². The second-order valence-corrected chi connectivity index (χ2v) is 3.92. The maximum absolute atomic E-state index is 11.2. The molecule has 0 heterocycles. The molecule has 0 spiro atoms. The first-order valence-corrected chi connectivity index (χ1v) is 5.68. The lowest BCUT2D eigenvalue weighted by molar-refractivity contribution is 0.0402. The van der Waals surface area contributed by atoms with E-state index in [9.17, 15) is 4.79 Å². The standard InChI is InChI=1S/C12H13BrO3/c1-3-11(16-12(14)15-4-2)9-5-7-10(13)8-6-9/h3,5-8,11H,1,4H2,2H3. The summed E-state index contributed by atoms with van der Waals surface area (Å²) in [5.41, 5.74) is 0.853. The second-order valence-electron chi connectivity index (χ2n) is 3.01. The van der Waals surface area contributed by atoms with E-state index in [-0.39, 0.29) is 0 Å². The van der Waals surface area contributed by atoms with Crippen LogP contribution in [0.2, 0.25) is 0 Å². The van der Waals surface area contributed by atoms with E-state index >= 15 is 0 Å². The summed E-state index contributed by atoms with van der Waals surface area (Å²) in [6.45, 7) is 5.65. The third kappa shape index (κ3) is 3.70. The van der Waals surface area contributed by atoms with Gasteiger partial charge in [-0.25, -0.2) is 4.79 Å². The van der Waals surface area contributed by atoms with Crippen LogP contribution < -0.4 is 0 Å². The van der Waals surface area contributed by atoms with Gasteiger partial charge in [0.15, 0.2) is 0 Å². The van der Waals surface area contributed by atoms with Crippen molar-refractivity contribution in [1.29, 1.82) is 0 Å². The minimum absolute atomic E-state index is 0.295. The molecule has 1 aromatic rings.